The molecule has 4 rings (SSSR count). The summed E-state index contributed by atoms with van der Waals surface area (Å²) in [6.07, 6.45) is 0. The van der Waals surface area contributed by atoms with E-state index in [1.807, 2.05) is 47.4 Å². The summed E-state index contributed by atoms with van der Waals surface area (Å²) in [5, 5.41) is 2.07. The number of piperazine rings is 1. The molecule has 0 spiro atoms. The van der Waals surface area contributed by atoms with Crippen LogP contribution in [-0.2, 0) is 5.75 Å². The van der Waals surface area contributed by atoms with E-state index >= 15 is 0 Å². The van der Waals surface area contributed by atoms with E-state index in [0.29, 0.717) is 37.5 Å². The van der Waals surface area contributed by atoms with Crippen LogP contribution in [0.4, 0.5) is 0 Å². The zero-order valence-corrected chi connectivity index (χ0v) is 19.0. The van der Waals surface area contributed by atoms with Crippen LogP contribution >= 0.6 is 23.1 Å². The molecule has 0 unspecified atom stereocenters. The zero-order valence-electron chi connectivity index (χ0n) is 17.3. The van der Waals surface area contributed by atoms with Crippen molar-refractivity contribution in [3.63, 3.8) is 0 Å². The Morgan fingerprint density at radius 2 is 1.68 bits per heavy atom. The molecule has 1 saturated heterocycles. The van der Waals surface area contributed by atoms with Gasteiger partial charge in [-0.05, 0) is 41.8 Å². The molecule has 5 nitrogen and oxygen atoms in total. The lowest BCUT2D eigenvalue weighted by atomic mass is 10.1. The number of methoxy groups -OCH3 is 1. The third-order valence-electron chi connectivity index (χ3n) is 5.24. The topological polar surface area (TPSA) is 49.9 Å². The number of thiophene rings is 1. The largest absolute Gasteiger partial charge is 0.497 e. The number of rotatable bonds is 6. The van der Waals surface area contributed by atoms with Gasteiger partial charge in [0.1, 0.15) is 5.75 Å². The first-order chi connectivity index (χ1) is 15.2. The maximum atomic E-state index is 13.2. The predicted molar refractivity (Wildman–Crippen MR) is 125 cm³/mol. The van der Waals surface area contributed by atoms with Crippen molar-refractivity contribution in [2.45, 2.75) is 10.6 Å². The Hall–Kier alpha value is -2.77. The Bertz CT molecular complexity index is 1040. The van der Waals surface area contributed by atoms with Gasteiger partial charge in [0.05, 0.1) is 12.7 Å². The van der Waals surface area contributed by atoms with Crippen molar-refractivity contribution in [1.29, 1.82) is 0 Å². The van der Waals surface area contributed by atoms with Gasteiger partial charge in [0.25, 0.3) is 11.8 Å². The molecule has 0 N–H and O–H groups in total. The second-order valence-corrected chi connectivity index (χ2v) is 9.23. The summed E-state index contributed by atoms with van der Waals surface area (Å²) < 4.78 is 5.22. The van der Waals surface area contributed by atoms with Crippen LogP contribution in [-0.4, -0.2) is 54.9 Å². The molecule has 2 heterocycles. The third kappa shape index (κ3) is 5.11. The first-order valence-corrected chi connectivity index (χ1v) is 12.0. The SMILES string of the molecule is COc1cccc(C(=O)N2CCN(C(=O)c3ccccc3SCc3cccs3)CC2)c1. The minimum atomic E-state index is -0.0297. The number of hydrogen-bond donors (Lipinski definition) is 0. The van der Waals surface area contributed by atoms with Gasteiger partial charge in [0.15, 0.2) is 0 Å². The molecule has 2 amide bonds. The quantitative estimate of drug-likeness (QED) is 0.511. The zero-order chi connectivity index (χ0) is 21.6. The second-order valence-electron chi connectivity index (χ2n) is 7.18. The molecule has 0 bridgehead atoms. The molecular formula is C24H24N2O3S2. The Kier molecular flexibility index (Phi) is 6.94. The number of ether oxygens (including phenoxy) is 1. The molecule has 1 fully saturated rings. The van der Waals surface area contributed by atoms with Crippen molar-refractivity contribution in [2.24, 2.45) is 0 Å². The highest BCUT2D eigenvalue weighted by atomic mass is 32.2. The highest BCUT2D eigenvalue weighted by Gasteiger charge is 2.26. The van der Waals surface area contributed by atoms with Gasteiger partial charge in [-0.3, -0.25) is 9.59 Å². The summed E-state index contributed by atoms with van der Waals surface area (Å²) in [5.74, 6) is 1.52. The van der Waals surface area contributed by atoms with E-state index in [0.717, 1.165) is 16.2 Å². The first kappa shape index (κ1) is 21.5. The van der Waals surface area contributed by atoms with Gasteiger partial charge in [-0.2, -0.15) is 0 Å². The maximum Gasteiger partial charge on any atom is 0.255 e. The number of thioether (sulfide) groups is 1. The average Bonchev–Trinajstić information content (AvgIpc) is 3.36. The fraction of sp³-hybridized carbons (Fsp3) is 0.250. The summed E-state index contributed by atoms with van der Waals surface area (Å²) in [6.45, 7) is 2.09. The fourth-order valence-corrected chi connectivity index (χ4v) is 5.35. The highest BCUT2D eigenvalue weighted by molar-refractivity contribution is 7.98. The molecule has 1 aromatic heterocycles. The molecule has 0 atom stereocenters. The Morgan fingerprint density at radius 1 is 0.935 bits per heavy atom. The van der Waals surface area contributed by atoms with Crippen LogP contribution in [0.5, 0.6) is 5.75 Å². The number of nitrogens with zero attached hydrogens (tertiary/aromatic N) is 2. The van der Waals surface area contributed by atoms with Crippen molar-refractivity contribution in [1.82, 2.24) is 9.80 Å². The molecule has 7 heteroatoms. The number of benzene rings is 2. The molecular weight excluding hydrogens is 428 g/mol. The second kappa shape index (κ2) is 10.0. The number of carbonyl (C=O) groups is 2. The van der Waals surface area contributed by atoms with Crippen LogP contribution in [0.2, 0.25) is 0 Å². The average molecular weight is 453 g/mol. The summed E-state index contributed by atoms with van der Waals surface area (Å²) in [4.78, 5) is 32.0. The van der Waals surface area contributed by atoms with Crippen LogP contribution in [0.15, 0.2) is 70.9 Å². The Morgan fingerprint density at radius 3 is 2.39 bits per heavy atom. The summed E-state index contributed by atoms with van der Waals surface area (Å²) in [7, 11) is 1.59. The van der Waals surface area contributed by atoms with E-state index in [1.165, 1.54) is 4.88 Å². The van der Waals surface area contributed by atoms with Gasteiger partial charge >= 0.3 is 0 Å². The fourth-order valence-electron chi connectivity index (χ4n) is 3.53. The van der Waals surface area contributed by atoms with E-state index in [9.17, 15) is 9.59 Å². The molecule has 0 aliphatic carbocycles. The molecule has 0 radical (unpaired) electrons. The van der Waals surface area contributed by atoms with Crippen molar-refractivity contribution >= 4 is 34.9 Å². The molecule has 31 heavy (non-hydrogen) atoms. The van der Waals surface area contributed by atoms with Crippen molar-refractivity contribution in [3.8, 4) is 5.75 Å². The van der Waals surface area contributed by atoms with Gasteiger partial charge in [0.2, 0.25) is 0 Å². The standard InChI is InChI=1S/C24H24N2O3S2/c1-29-19-7-4-6-18(16-19)23(27)25-11-13-26(14-12-25)24(28)21-9-2-3-10-22(21)31-17-20-8-5-15-30-20/h2-10,15-16H,11-14,17H2,1H3. The van der Waals surface area contributed by atoms with Crippen LogP contribution in [0, 0.1) is 0 Å². The Labute approximate surface area is 190 Å². The summed E-state index contributed by atoms with van der Waals surface area (Å²) >= 11 is 3.42. The minimum absolute atomic E-state index is 0.0297. The normalized spacial score (nSPS) is 13.8. The van der Waals surface area contributed by atoms with Gasteiger partial charge in [-0.15, -0.1) is 23.1 Å². The smallest absolute Gasteiger partial charge is 0.255 e. The van der Waals surface area contributed by atoms with E-state index in [1.54, 1.807) is 47.2 Å². The van der Waals surface area contributed by atoms with Crippen LogP contribution < -0.4 is 4.74 Å². The summed E-state index contributed by atoms with van der Waals surface area (Å²) in [6, 6.07) is 19.1. The Balaban J connectivity index is 1.39. The lowest BCUT2D eigenvalue weighted by Crippen LogP contribution is -2.50. The van der Waals surface area contributed by atoms with E-state index < -0.39 is 0 Å². The lowest BCUT2D eigenvalue weighted by Gasteiger charge is -2.35. The van der Waals surface area contributed by atoms with Crippen LogP contribution in [0.25, 0.3) is 0 Å². The van der Waals surface area contributed by atoms with Gasteiger partial charge in [-0.1, -0.05) is 24.3 Å². The minimum Gasteiger partial charge on any atom is -0.497 e. The molecule has 1 aliphatic heterocycles. The summed E-state index contributed by atoms with van der Waals surface area (Å²) in [5.41, 5.74) is 1.34. The molecule has 1 aliphatic rings. The lowest BCUT2D eigenvalue weighted by molar-refractivity contribution is 0.0533. The molecule has 2 aromatic carbocycles. The first-order valence-electron chi connectivity index (χ1n) is 10.1. The van der Waals surface area contributed by atoms with E-state index in [2.05, 4.69) is 11.4 Å². The number of amides is 2. The molecule has 3 aromatic rings. The molecule has 160 valence electrons. The van der Waals surface area contributed by atoms with Crippen LogP contribution in [0.3, 0.4) is 0 Å². The highest BCUT2D eigenvalue weighted by Crippen LogP contribution is 2.29. The van der Waals surface area contributed by atoms with Crippen LogP contribution in [0.1, 0.15) is 25.6 Å². The predicted octanol–water partition coefficient (Wildman–Crippen LogP) is 4.65. The molecule has 0 saturated carbocycles. The maximum absolute atomic E-state index is 13.2. The third-order valence-corrected chi connectivity index (χ3v) is 7.42. The van der Waals surface area contributed by atoms with E-state index in [-0.39, 0.29) is 11.8 Å². The van der Waals surface area contributed by atoms with Gasteiger partial charge in [0, 0.05) is 47.3 Å². The van der Waals surface area contributed by atoms with Crippen molar-refractivity contribution in [3.05, 3.63) is 82.0 Å². The monoisotopic (exact) mass is 452 g/mol. The van der Waals surface area contributed by atoms with Gasteiger partial charge in [-0.25, -0.2) is 0 Å². The van der Waals surface area contributed by atoms with E-state index in [4.69, 9.17) is 4.74 Å². The number of carbonyl (C=O) groups excluding carboxylic acids is 2. The van der Waals surface area contributed by atoms with Gasteiger partial charge < -0.3 is 14.5 Å². The van der Waals surface area contributed by atoms with Crippen molar-refractivity contribution < 1.29 is 14.3 Å². The number of hydrogen-bond acceptors (Lipinski definition) is 5. The van der Waals surface area contributed by atoms with Crippen molar-refractivity contribution in [2.75, 3.05) is 33.3 Å².